The molecule has 2 N–H and O–H groups in total. The van der Waals surface area contributed by atoms with E-state index in [0.29, 0.717) is 23.6 Å². The van der Waals surface area contributed by atoms with E-state index in [1.807, 2.05) is 13.8 Å². The zero-order valence-electron chi connectivity index (χ0n) is 13.5. The number of aromatic nitrogens is 5. The summed E-state index contributed by atoms with van der Waals surface area (Å²) >= 11 is 1.56. The highest BCUT2D eigenvalue weighted by molar-refractivity contribution is 7.11. The van der Waals surface area contributed by atoms with E-state index in [1.165, 1.54) is 23.3 Å². The number of nitrogens with one attached hydrogen (secondary N) is 2. The van der Waals surface area contributed by atoms with Crippen molar-refractivity contribution in [1.29, 1.82) is 0 Å². The molecule has 0 aliphatic rings. The second-order valence-corrected chi connectivity index (χ2v) is 6.54. The van der Waals surface area contributed by atoms with Crippen molar-refractivity contribution in [3.05, 3.63) is 55.8 Å². The Morgan fingerprint density at radius 3 is 2.83 bits per heavy atom. The molecule has 1 amide bonds. The number of H-pyrrole nitrogens is 1. The van der Waals surface area contributed by atoms with Crippen molar-refractivity contribution >= 4 is 17.2 Å². The van der Waals surface area contributed by atoms with E-state index in [2.05, 4.69) is 25.4 Å². The molecule has 0 saturated heterocycles. The van der Waals surface area contributed by atoms with Crippen molar-refractivity contribution in [3.8, 4) is 5.82 Å². The van der Waals surface area contributed by atoms with E-state index in [-0.39, 0.29) is 11.5 Å². The average Bonchev–Trinajstić information content (AvgIpc) is 3.08. The molecular formula is C15H16N6O2S. The number of aromatic amines is 1. The Balaban J connectivity index is 1.77. The normalized spacial score (nSPS) is 10.8. The third-order valence-corrected chi connectivity index (χ3v) is 4.68. The lowest BCUT2D eigenvalue weighted by Gasteiger charge is -2.04. The summed E-state index contributed by atoms with van der Waals surface area (Å²) in [6.45, 7) is 6.06. The maximum absolute atomic E-state index is 12.4. The van der Waals surface area contributed by atoms with E-state index in [9.17, 15) is 9.59 Å². The van der Waals surface area contributed by atoms with E-state index in [1.54, 1.807) is 18.3 Å². The Bertz CT molecular complexity index is 936. The first-order valence-electron chi connectivity index (χ1n) is 7.26. The summed E-state index contributed by atoms with van der Waals surface area (Å²) < 4.78 is 1.46. The Kier molecular flexibility index (Phi) is 4.26. The Hall–Kier alpha value is -2.81. The summed E-state index contributed by atoms with van der Waals surface area (Å²) in [6.07, 6.45) is 2.76. The van der Waals surface area contributed by atoms with Crippen molar-refractivity contribution in [3.63, 3.8) is 0 Å². The van der Waals surface area contributed by atoms with Gasteiger partial charge in [0, 0.05) is 10.9 Å². The molecule has 0 fully saturated rings. The van der Waals surface area contributed by atoms with Gasteiger partial charge in [-0.3, -0.25) is 9.59 Å². The fourth-order valence-corrected chi connectivity index (χ4v) is 3.08. The lowest BCUT2D eigenvalue weighted by Crippen LogP contribution is -2.23. The maximum Gasteiger partial charge on any atom is 0.255 e. The van der Waals surface area contributed by atoms with Gasteiger partial charge in [0.2, 0.25) is 0 Å². The van der Waals surface area contributed by atoms with Gasteiger partial charge in [0.1, 0.15) is 5.01 Å². The average molecular weight is 344 g/mol. The highest BCUT2D eigenvalue weighted by atomic mass is 32.1. The molecule has 3 aromatic rings. The summed E-state index contributed by atoms with van der Waals surface area (Å²) in [4.78, 5) is 35.8. The van der Waals surface area contributed by atoms with Crippen molar-refractivity contribution < 1.29 is 4.79 Å². The van der Waals surface area contributed by atoms with Gasteiger partial charge in [0.25, 0.3) is 11.5 Å². The van der Waals surface area contributed by atoms with Crippen LogP contribution >= 0.6 is 11.3 Å². The third-order valence-electron chi connectivity index (χ3n) is 3.61. The molecule has 0 radical (unpaired) electrons. The number of nitrogens with zero attached hydrogens (tertiary/aromatic N) is 4. The predicted molar refractivity (Wildman–Crippen MR) is 89.5 cm³/mol. The predicted octanol–water partition coefficient (Wildman–Crippen LogP) is 1.27. The van der Waals surface area contributed by atoms with E-state index < -0.39 is 0 Å². The molecule has 0 saturated carbocycles. The first-order valence-corrected chi connectivity index (χ1v) is 8.08. The molecule has 0 spiro atoms. The summed E-state index contributed by atoms with van der Waals surface area (Å²) in [5, 5.41) is 7.85. The molecule has 0 aliphatic heterocycles. The van der Waals surface area contributed by atoms with Crippen LogP contribution in [0.15, 0.2) is 23.4 Å². The zero-order chi connectivity index (χ0) is 17.3. The molecule has 0 unspecified atom stereocenters. The van der Waals surface area contributed by atoms with Crippen LogP contribution < -0.4 is 10.9 Å². The second-order valence-electron chi connectivity index (χ2n) is 5.26. The Morgan fingerprint density at radius 2 is 2.17 bits per heavy atom. The van der Waals surface area contributed by atoms with Crippen molar-refractivity contribution in [1.82, 2.24) is 30.0 Å². The van der Waals surface area contributed by atoms with Crippen molar-refractivity contribution in [2.24, 2.45) is 0 Å². The van der Waals surface area contributed by atoms with Crippen LogP contribution in [0.4, 0.5) is 0 Å². The molecule has 8 nitrogen and oxygen atoms in total. The Labute approximate surface area is 141 Å². The van der Waals surface area contributed by atoms with Gasteiger partial charge in [-0.05, 0) is 20.8 Å². The fraction of sp³-hybridized carbons (Fsp3) is 0.267. The number of hydrogen-bond acceptors (Lipinski definition) is 6. The third kappa shape index (κ3) is 3.11. The van der Waals surface area contributed by atoms with E-state index >= 15 is 0 Å². The quantitative estimate of drug-likeness (QED) is 0.741. The number of carbonyl (C=O) groups is 1. The van der Waals surface area contributed by atoms with Gasteiger partial charge >= 0.3 is 0 Å². The fourth-order valence-electron chi connectivity index (χ4n) is 2.20. The highest BCUT2D eigenvalue weighted by Crippen LogP contribution is 2.16. The van der Waals surface area contributed by atoms with Gasteiger partial charge in [-0.1, -0.05) is 0 Å². The minimum Gasteiger partial charge on any atom is -0.345 e. The topological polar surface area (TPSA) is 106 Å². The zero-order valence-corrected chi connectivity index (χ0v) is 14.3. The van der Waals surface area contributed by atoms with Gasteiger partial charge < -0.3 is 10.3 Å². The van der Waals surface area contributed by atoms with Crippen LogP contribution in [0.2, 0.25) is 0 Å². The van der Waals surface area contributed by atoms with Gasteiger partial charge in [-0.2, -0.15) is 5.10 Å². The molecule has 0 bridgehead atoms. The summed E-state index contributed by atoms with van der Waals surface area (Å²) in [5.41, 5.74) is 1.74. The van der Waals surface area contributed by atoms with Gasteiger partial charge in [-0.25, -0.2) is 14.6 Å². The van der Waals surface area contributed by atoms with Gasteiger partial charge in [-0.15, -0.1) is 11.3 Å². The van der Waals surface area contributed by atoms with E-state index in [4.69, 9.17) is 0 Å². The van der Waals surface area contributed by atoms with Crippen LogP contribution in [0.1, 0.15) is 31.6 Å². The highest BCUT2D eigenvalue weighted by Gasteiger charge is 2.16. The van der Waals surface area contributed by atoms with Crippen molar-refractivity contribution in [2.75, 3.05) is 0 Å². The smallest absolute Gasteiger partial charge is 0.255 e. The van der Waals surface area contributed by atoms with Crippen LogP contribution in [-0.4, -0.2) is 30.6 Å². The minimum absolute atomic E-state index is 0.242. The largest absolute Gasteiger partial charge is 0.345 e. The molecule has 0 aromatic carbocycles. The summed E-state index contributed by atoms with van der Waals surface area (Å²) in [6, 6.07) is 1.32. The van der Waals surface area contributed by atoms with Crippen LogP contribution in [0.25, 0.3) is 5.82 Å². The number of aryl methyl sites for hydroxylation is 2. The lowest BCUT2D eigenvalue weighted by atomic mass is 10.2. The standard InChI is InChI=1S/C15H16N6O2S/c1-8-10(3)24-14(20-8)6-16-15(23)11-5-19-21(9(11)2)12-4-13(22)18-7-17-12/h4-5,7H,6H2,1-3H3,(H,16,23)(H,17,18,22). The summed E-state index contributed by atoms with van der Waals surface area (Å²) in [7, 11) is 0. The SMILES string of the molecule is Cc1nc(CNC(=O)c2cnn(-c3cc(=O)[nH]cn3)c2C)sc1C. The number of amides is 1. The Morgan fingerprint density at radius 1 is 1.38 bits per heavy atom. The van der Waals surface area contributed by atoms with Gasteiger partial charge in [0.15, 0.2) is 5.82 Å². The van der Waals surface area contributed by atoms with Crippen molar-refractivity contribution in [2.45, 2.75) is 27.3 Å². The second kappa shape index (κ2) is 6.36. The molecular weight excluding hydrogens is 328 g/mol. The van der Waals surface area contributed by atoms with Gasteiger partial charge in [0.05, 0.1) is 36.0 Å². The number of hydrogen-bond donors (Lipinski definition) is 2. The monoisotopic (exact) mass is 344 g/mol. The van der Waals surface area contributed by atoms with Crippen LogP contribution in [0, 0.1) is 20.8 Å². The lowest BCUT2D eigenvalue weighted by molar-refractivity contribution is 0.0950. The molecule has 9 heteroatoms. The summed E-state index contributed by atoms with van der Waals surface area (Å²) in [5.74, 6) is 0.121. The molecule has 0 aliphatic carbocycles. The van der Waals surface area contributed by atoms with Crippen LogP contribution in [0.5, 0.6) is 0 Å². The molecule has 3 rings (SSSR count). The van der Waals surface area contributed by atoms with Crippen LogP contribution in [-0.2, 0) is 6.54 Å². The number of thiazole rings is 1. The molecule has 3 heterocycles. The van der Waals surface area contributed by atoms with E-state index in [0.717, 1.165) is 15.6 Å². The maximum atomic E-state index is 12.4. The molecule has 24 heavy (non-hydrogen) atoms. The molecule has 3 aromatic heterocycles. The molecule has 0 atom stereocenters. The number of carbonyl (C=O) groups excluding carboxylic acids is 1. The molecule has 124 valence electrons. The first kappa shape index (κ1) is 16.1. The first-order chi connectivity index (χ1) is 11.5. The van der Waals surface area contributed by atoms with Crippen LogP contribution in [0.3, 0.4) is 0 Å². The number of rotatable bonds is 4. The minimum atomic E-state index is -0.282.